The Balaban J connectivity index is 1.80. The summed E-state index contributed by atoms with van der Waals surface area (Å²) in [5.74, 6) is 0.107. The van der Waals surface area contributed by atoms with E-state index < -0.39 is 17.8 Å². The summed E-state index contributed by atoms with van der Waals surface area (Å²) in [7, 11) is 0. The molecule has 0 radical (unpaired) electrons. The Morgan fingerprint density at radius 1 is 1.11 bits per heavy atom. The van der Waals surface area contributed by atoms with Crippen molar-refractivity contribution in [1.29, 1.82) is 0 Å². The Bertz CT molecular complexity index is 1010. The van der Waals surface area contributed by atoms with Crippen LogP contribution < -0.4 is 10.6 Å². The van der Waals surface area contributed by atoms with Crippen LogP contribution in [0.1, 0.15) is 21.7 Å². The van der Waals surface area contributed by atoms with Crippen LogP contribution in [0.15, 0.2) is 54.7 Å². The lowest BCUT2D eigenvalue weighted by Gasteiger charge is -2.13. The van der Waals surface area contributed by atoms with Crippen molar-refractivity contribution in [2.75, 3.05) is 10.6 Å². The van der Waals surface area contributed by atoms with Crippen LogP contribution in [0.5, 0.6) is 0 Å². The van der Waals surface area contributed by atoms with E-state index in [1.807, 2.05) is 6.07 Å². The third-order valence-electron chi connectivity index (χ3n) is 3.77. The predicted molar refractivity (Wildman–Crippen MR) is 109 cm³/mol. The molecule has 144 valence electrons. The third kappa shape index (κ3) is 4.77. The molecule has 0 aliphatic carbocycles. The van der Waals surface area contributed by atoms with E-state index in [0.717, 1.165) is 21.4 Å². The maximum Gasteiger partial charge on any atom is 0.433 e. The van der Waals surface area contributed by atoms with E-state index in [1.54, 1.807) is 36.5 Å². The van der Waals surface area contributed by atoms with E-state index in [2.05, 4.69) is 43.2 Å². The highest BCUT2D eigenvalue weighted by molar-refractivity contribution is 14.1. The van der Waals surface area contributed by atoms with Crippen LogP contribution in [0.4, 0.5) is 30.4 Å². The molecule has 0 saturated carbocycles. The van der Waals surface area contributed by atoms with Crippen LogP contribution in [0.3, 0.4) is 0 Å². The Kier molecular flexibility index (Phi) is 5.82. The van der Waals surface area contributed by atoms with Gasteiger partial charge in [-0.2, -0.15) is 13.2 Å². The maximum atomic E-state index is 12.7. The van der Waals surface area contributed by atoms with Crippen molar-refractivity contribution in [1.82, 2.24) is 9.97 Å². The number of rotatable bonds is 4. The molecule has 3 rings (SSSR count). The number of aryl methyl sites for hydroxylation is 1. The number of nitrogens with zero attached hydrogens (tertiary/aromatic N) is 2. The molecular weight excluding hydrogens is 484 g/mol. The van der Waals surface area contributed by atoms with Crippen molar-refractivity contribution in [2.24, 2.45) is 0 Å². The number of alkyl halides is 3. The molecule has 0 aliphatic heterocycles. The zero-order valence-corrected chi connectivity index (χ0v) is 16.7. The smallest absolute Gasteiger partial charge is 0.339 e. The van der Waals surface area contributed by atoms with Gasteiger partial charge in [0.1, 0.15) is 11.5 Å². The molecule has 3 aromatic rings. The average molecular weight is 498 g/mol. The van der Waals surface area contributed by atoms with E-state index >= 15 is 0 Å². The van der Waals surface area contributed by atoms with Crippen LogP contribution in [0.25, 0.3) is 0 Å². The summed E-state index contributed by atoms with van der Waals surface area (Å²) >= 11 is 2.15. The van der Waals surface area contributed by atoms with Gasteiger partial charge in [0.25, 0.3) is 5.91 Å². The first-order valence-corrected chi connectivity index (χ1v) is 9.16. The molecule has 1 aromatic carbocycles. The summed E-state index contributed by atoms with van der Waals surface area (Å²) in [6.45, 7) is 1.37. The third-order valence-corrected chi connectivity index (χ3v) is 4.71. The first-order chi connectivity index (χ1) is 13.2. The molecule has 0 unspecified atom stereocenters. The minimum Gasteiger partial charge on any atom is -0.339 e. The SMILES string of the molecule is Cc1nc(C(F)(F)F)ccc1C(=O)Nc1ccc(I)c(Nc2ccccn2)c1. The molecule has 0 fully saturated rings. The van der Waals surface area contributed by atoms with Crippen molar-refractivity contribution in [3.63, 3.8) is 0 Å². The molecule has 0 aliphatic rings. The first-order valence-electron chi connectivity index (χ1n) is 8.08. The van der Waals surface area contributed by atoms with Gasteiger partial charge in [0, 0.05) is 15.5 Å². The second-order valence-electron chi connectivity index (χ2n) is 5.82. The molecule has 2 aromatic heterocycles. The molecule has 9 heteroatoms. The van der Waals surface area contributed by atoms with Crippen molar-refractivity contribution in [3.8, 4) is 0 Å². The summed E-state index contributed by atoms with van der Waals surface area (Å²) in [5, 5.41) is 5.84. The fourth-order valence-corrected chi connectivity index (χ4v) is 2.90. The van der Waals surface area contributed by atoms with E-state index in [0.29, 0.717) is 11.5 Å². The highest BCUT2D eigenvalue weighted by Gasteiger charge is 2.33. The van der Waals surface area contributed by atoms with Gasteiger partial charge in [-0.05, 0) is 72.0 Å². The topological polar surface area (TPSA) is 66.9 Å². The number of hydrogen-bond donors (Lipinski definition) is 2. The maximum absolute atomic E-state index is 12.7. The van der Waals surface area contributed by atoms with E-state index in [1.165, 1.54) is 6.92 Å². The second kappa shape index (κ2) is 8.13. The van der Waals surface area contributed by atoms with Crippen LogP contribution in [0, 0.1) is 10.5 Å². The van der Waals surface area contributed by atoms with Crippen molar-refractivity contribution in [2.45, 2.75) is 13.1 Å². The molecule has 0 bridgehead atoms. The van der Waals surface area contributed by atoms with Gasteiger partial charge in [-0.25, -0.2) is 9.97 Å². The fraction of sp³-hybridized carbons (Fsp3) is 0.105. The molecule has 1 amide bonds. The molecule has 28 heavy (non-hydrogen) atoms. The van der Waals surface area contributed by atoms with Crippen molar-refractivity contribution >= 4 is 45.7 Å². The van der Waals surface area contributed by atoms with Gasteiger partial charge in [-0.1, -0.05) is 6.07 Å². The van der Waals surface area contributed by atoms with Crippen molar-refractivity contribution < 1.29 is 18.0 Å². The Labute approximate surface area is 172 Å². The van der Waals surface area contributed by atoms with Gasteiger partial charge in [0.15, 0.2) is 0 Å². The molecule has 5 nitrogen and oxygen atoms in total. The average Bonchev–Trinajstić information content (AvgIpc) is 2.64. The Morgan fingerprint density at radius 3 is 2.54 bits per heavy atom. The van der Waals surface area contributed by atoms with Gasteiger partial charge in [-0.3, -0.25) is 4.79 Å². The molecule has 2 heterocycles. The van der Waals surface area contributed by atoms with Gasteiger partial charge >= 0.3 is 6.18 Å². The van der Waals surface area contributed by atoms with Crippen molar-refractivity contribution in [3.05, 3.63) is 75.2 Å². The standard InChI is InChI=1S/C19H14F3IN4O/c1-11-13(6-8-16(25-11)19(20,21)22)18(28)26-12-5-7-14(23)15(10-12)27-17-4-2-3-9-24-17/h2-10H,1H3,(H,24,27)(H,26,28). The monoisotopic (exact) mass is 498 g/mol. The summed E-state index contributed by atoms with van der Waals surface area (Å²) < 4.78 is 39.1. The molecular formula is C19H14F3IN4O. The van der Waals surface area contributed by atoms with Crippen LogP contribution in [0.2, 0.25) is 0 Å². The minimum absolute atomic E-state index is 0.00432. The van der Waals surface area contributed by atoms with Gasteiger partial charge in [0.05, 0.1) is 16.9 Å². The number of nitrogens with one attached hydrogen (secondary N) is 2. The summed E-state index contributed by atoms with van der Waals surface area (Å²) in [6, 6.07) is 12.6. The normalized spacial score (nSPS) is 11.2. The highest BCUT2D eigenvalue weighted by atomic mass is 127. The quantitative estimate of drug-likeness (QED) is 0.473. The number of halogens is 4. The Morgan fingerprint density at radius 2 is 1.89 bits per heavy atom. The highest BCUT2D eigenvalue weighted by Crippen LogP contribution is 2.29. The van der Waals surface area contributed by atoms with Crippen LogP contribution in [-0.2, 0) is 6.18 Å². The number of amides is 1. The van der Waals surface area contributed by atoms with Crippen LogP contribution >= 0.6 is 22.6 Å². The molecule has 0 spiro atoms. The van der Waals surface area contributed by atoms with Gasteiger partial charge in [-0.15, -0.1) is 0 Å². The minimum atomic E-state index is -4.55. The van der Waals surface area contributed by atoms with Crippen LogP contribution in [-0.4, -0.2) is 15.9 Å². The van der Waals surface area contributed by atoms with E-state index in [4.69, 9.17) is 0 Å². The summed E-state index contributed by atoms with van der Waals surface area (Å²) in [4.78, 5) is 20.2. The fourth-order valence-electron chi connectivity index (χ4n) is 2.43. The lowest BCUT2D eigenvalue weighted by Crippen LogP contribution is -2.16. The number of pyridine rings is 2. The first kappa shape index (κ1) is 20.1. The van der Waals surface area contributed by atoms with E-state index in [9.17, 15) is 18.0 Å². The molecule has 2 N–H and O–H groups in total. The number of anilines is 3. The summed E-state index contributed by atoms with van der Waals surface area (Å²) in [6.07, 6.45) is -2.90. The number of carbonyl (C=O) groups is 1. The molecule has 0 saturated heterocycles. The van der Waals surface area contributed by atoms with Gasteiger partial charge < -0.3 is 10.6 Å². The zero-order chi connectivity index (χ0) is 20.3. The number of hydrogen-bond acceptors (Lipinski definition) is 4. The lowest BCUT2D eigenvalue weighted by atomic mass is 10.1. The molecule has 0 atom stereocenters. The largest absolute Gasteiger partial charge is 0.433 e. The lowest BCUT2D eigenvalue weighted by molar-refractivity contribution is -0.141. The van der Waals surface area contributed by atoms with Gasteiger partial charge in [0.2, 0.25) is 0 Å². The summed E-state index contributed by atoms with van der Waals surface area (Å²) in [5.41, 5.74) is 0.274. The predicted octanol–water partition coefficient (Wildman–Crippen LogP) is 5.40. The second-order valence-corrected chi connectivity index (χ2v) is 6.98. The number of aromatic nitrogens is 2. The Hall–Kier alpha value is -2.69. The zero-order valence-electron chi connectivity index (χ0n) is 14.5. The number of carbonyl (C=O) groups excluding carboxylic acids is 1. The number of benzene rings is 1. The van der Waals surface area contributed by atoms with E-state index in [-0.39, 0.29) is 11.3 Å².